The average Bonchev–Trinajstić information content (AvgIpc) is 3.12. The molecule has 2 aromatic rings. The van der Waals surface area contributed by atoms with Crippen molar-refractivity contribution >= 4 is 23.2 Å². The Bertz CT molecular complexity index is 735. The Hall–Kier alpha value is -1.99. The van der Waals surface area contributed by atoms with E-state index >= 15 is 0 Å². The highest BCUT2D eigenvalue weighted by atomic mass is 32.1. The fourth-order valence-corrected chi connectivity index (χ4v) is 4.71. The lowest BCUT2D eigenvalue weighted by Gasteiger charge is -2.43. The number of fused-ring (bicyclic) bond motifs is 2. The van der Waals surface area contributed by atoms with Crippen molar-refractivity contribution in [2.45, 2.75) is 24.9 Å². The van der Waals surface area contributed by atoms with Crippen LogP contribution in [-0.2, 0) is 16.8 Å². The molecular formula is C17H20N4O2S. The fraction of sp³-hybridized carbons (Fsp3) is 0.471. The monoisotopic (exact) mass is 344 g/mol. The predicted octanol–water partition coefficient (Wildman–Crippen LogP) is 2.28. The number of amides is 1. The zero-order chi connectivity index (χ0) is 16.6. The van der Waals surface area contributed by atoms with Gasteiger partial charge in [-0.25, -0.2) is 9.97 Å². The van der Waals surface area contributed by atoms with Crippen molar-refractivity contribution in [3.05, 3.63) is 39.8 Å². The molecule has 2 aliphatic rings. The Kier molecular flexibility index (Phi) is 3.97. The number of ether oxygens (including phenoxy) is 1. The first-order chi connectivity index (χ1) is 11.7. The Labute approximate surface area is 144 Å². The summed E-state index contributed by atoms with van der Waals surface area (Å²) < 4.78 is 6.19. The molecule has 0 aromatic carbocycles. The van der Waals surface area contributed by atoms with Gasteiger partial charge in [-0.15, -0.1) is 11.3 Å². The Morgan fingerprint density at radius 3 is 2.79 bits per heavy atom. The molecule has 1 saturated heterocycles. The summed E-state index contributed by atoms with van der Waals surface area (Å²) in [5.41, 5.74) is 1.76. The van der Waals surface area contributed by atoms with Crippen LogP contribution in [0.5, 0.6) is 0 Å². The van der Waals surface area contributed by atoms with Gasteiger partial charge in [0.1, 0.15) is 5.60 Å². The third-order valence-electron chi connectivity index (χ3n) is 4.89. The van der Waals surface area contributed by atoms with Crippen LogP contribution in [0.15, 0.2) is 23.8 Å². The van der Waals surface area contributed by atoms with Gasteiger partial charge in [-0.1, -0.05) is 0 Å². The molecule has 1 spiro atoms. The molecule has 2 aromatic heterocycles. The summed E-state index contributed by atoms with van der Waals surface area (Å²) in [7, 11) is 1.75. The first-order valence-electron chi connectivity index (χ1n) is 8.22. The fourth-order valence-electron chi connectivity index (χ4n) is 3.55. The van der Waals surface area contributed by atoms with Crippen LogP contribution in [0.2, 0.25) is 0 Å². The van der Waals surface area contributed by atoms with Crippen LogP contribution in [-0.4, -0.2) is 47.5 Å². The largest absolute Gasteiger partial charge is 0.369 e. The number of nitrogens with zero attached hydrogens (tertiary/aromatic N) is 3. The maximum Gasteiger partial charge on any atom is 0.256 e. The molecule has 1 amide bonds. The van der Waals surface area contributed by atoms with E-state index in [1.165, 1.54) is 10.4 Å². The van der Waals surface area contributed by atoms with E-state index in [0.717, 1.165) is 25.9 Å². The maximum atomic E-state index is 12.7. The molecule has 6 nitrogen and oxygen atoms in total. The maximum absolute atomic E-state index is 12.7. The Morgan fingerprint density at radius 2 is 2.08 bits per heavy atom. The predicted molar refractivity (Wildman–Crippen MR) is 92.4 cm³/mol. The van der Waals surface area contributed by atoms with Crippen molar-refractivity contribution in [3.63, 3.8) is 0 Å². The first kappa shape index (κ1) is 15.5. The van der Waals surface area contributed by atoms with Gasteiger partial charge in [0.05, 0.1) is 12.2 Å². The van der Waals surface area contributed by atoms with E-state index in [4.69, 9.17) is 4.74 Å². The summed E-state index contributed by atoms with van der Waals surface area (Å²) in [6.45, 7) is 2.17. The van der Waals surface area contributed by atoms with Crippen molar-refractivity contribution in [1.29, 1.82) is 0 Å². The van der Waals surface area contributed by atoms with Crippen molar-refractivity contribution in [2.75, 3.05) is 32.1 Å². The van der Waals surface area contributed by atoms with E-state index in [1.54, 1.807) is 30.8 Å². The first-order valence-corrected chi connectivity index (χ1v) is 9.10. The van der Waals surface area contributed by atoms with Crippen LogP contribution >= 0.6 is 11.3 Å². The second-order valence-corrected chi connectivity index (χ2v) is 7.12. The smallest absolute Gasteiger partial charge is 0.256 e. The van der Waals surface area contributed by atoms with Gasteiger partial charge >= 0.3 is 0 Å². The van der Waals surface area contributed by atoms with Gasteiger partial charge in [0.15, 0.2) is 0 Å². The second-order valence-electron chi connectivity index (χ2n) is 6.21. The van der Waals surface area contributed by atoms with Gasteiger partial charge in [-0.05, 0) is 36.3 Å². The molecule has 4 rings (SSSR count). The molecule has 2 aliphatic heterocycles. The molecule has 24 heavy (non-hydrogen) atoms. The molecule has 0 atom stereocenters. The summed E-state index contributed by atoms with van der Waals surface area (Å²) >= 11 is 1.79. The molecular weight excluding hydrogens is 324 g/mol. The minimum absolute atomic E-state index is 0.00489. The standard InChI is InChI=1S/C17H20N4O2S/c1-18-16-19-10-13(11-20-16)15(22)21-6-4-17(5-7-21)14-12(2-8-23-17)3-9-24-14/h3,9-11H,2,4-8H2,1H3,(H,18,19,20). The lowest BCUT2D eigenvalue weighted by molar-refractivity contribution is -0.0906. The van der Waals surface area contributed by atoms with Gasteiger partial charge in [0.2, 0.25) is 5.95 Å². The van der Waals surface area contributed by atoms with Crippen LogP contribution in [0.3, 0.4) is 0 Å². The number of hydrogen-bond acceptors (Lipinski definition) is 6. The van der Waals surface area contributed by atoms with Crippen LogP contribution in [0, 0.1) is 0 Å². The molecule has 0 aliphatic carbocycles. The third kappa shape index (κ3) is 2.57. The number of nitrogens with one attached hydrogen (secondary N) is 1. The van der Waals surface area contributed by atoms with E-state index in [2.05, 4.69) is 26.7 Å². The molecule has 1 N–H and O–H groups in total. The summed E-state index contributed by atoms with van der Waals surface area (Å²) in [4.78, 5) is 24.2. The van der Waals surface area contributed by atoms with E-state index in [1.807, 2.05) is 4.90 Å². The molecule has 0 saturated carbocycles. The molecule has 7 heteroatoms. The topological polar surface area (TPSA) is 67.4 Å². The van der Waals surface area contributed by atoms with Crippen LogP contribution in [0.25, 0.3) is 0 Å². The molecule has 1 fully saturated rings. The Balaban J connectivity index is 1.47. The second kappa shape index (κ2) is 6.14. The lowest BCUT2D eigenvalue weighted by atomic mass is 9.85. The van der Waals surface area contributed by atoms with Crippen molar-refractivity contribution in [3.8, 4) is 0 Å². The lowest BCUT2D eigenvalue weighted by Crippen LogP contribution is -2.47. The van der Waals surface area contributed by atoms with Gasteiger partial charge in [0.25, 0.3) is 5.91 Å². The molecule has 126 valence electrons. The van der Waals surface area contributed by atoms with Gasteiger partial charge < -0.3 is 15.0 Å². The number of carbonyl (C=O) groups excluding carboxylic acids is 1. The number of rotatable bonds is 2. The highest BCUT2D eigenvalue weighted by molar-refractivity contribution is 7.10. The zero-order valence-corrected chi connectivity index (χ0v) is 14.4. The van der Waals surface area contributed by atoms with Gasteiger partial charge in [-0.2, -0.15) is 0 Å². The van der Waals surface area contributed by atoms with Crippen LogP contribution in [0.4, 0.5) is 5.95 Å². The Morgan fingerprint density at radius 1 is 1.33 bits per heavy atom. The minimum atomic E-state index is -0.189. The van der Waals surface area contributed by atoms with Gasteiger partial charge in [0, 0.05) is 37.4 Å². The van der Waals surface area contributed by atoms with E-state index in [9.17, 15) is 4.79 Å². The summed E-state index contributed by atoms with van der Waals surface area (Å²) in [6, 6.07) is 2.21. The molecule has 0 bridgehead atoms. The number of aromatic nitrogens is 2. The van der Waals surface area contributed by atoms with Crippen LogP contribution < -0.4 is 5.32 Å². The van der Waals surface area contributed by atoms with E-state index in [-0.39, 0.29) is 11.5 Å². The van der Waals surface area contributed by atoms with Crippen molar-refractivity contribution in [1.82, 2.24) is 14.9 Å². The normalized spacial score (nSPS) is 19.1. The zero-order valence-electron chi connectivity index (χ0n) is 13.6. The molecule has 0 unspecified atom stereocenters. The highest BCUT2D eigenvalue weighted by Crippen LogP contribution is 2.44. The van der Waals surface area contributed by atoms with E-state index < -0.39 is 0 Å². The average molecular weight is 344 g/mol. The number of carbonyl (C=O) groups is 1. The summed E-state index contributed by atoms with van der Waals surface area (Å²) in [5.74, 6) is 0.514. The SMILES string of the molecule is CNc1ncc(C(=O)N2CCC3(CC2)OCCc2ccsc23)cn1. The summed E-state index contributed by atoms with van der Waals surface area (Å²) in [6.07, 6.45) is 5.86. The quantitative estimate of drug-likeness (QED) is 0.905. The van der Waals surface area contributed by atoms with Gasteiger partial charge in [-0.3, -0.25) is 4.79 Å². The number of piperidine rings is 1. The van der Waals surface area contributed by atoms with E-state index in [0.29, 0.717) is 24.6 Å². The van der Waals surface area contributed by atoms with Crippen molar-refractivity contribution < 1.29 is 9.53 Å². The number of thiophene rings is 1. The number of anilines is 1. The summed E-state index contributed by atoms with van der Waals surface area (Å²) in [5, 5.41) is 5.01. The molecule has 4 heterocycles. The minimum Gasteiger partial charge on any atom is -0.369 e. The highest BCUT2D eigenvalue weighted by Gasteiger charge is 2.42. The van der Waals surface area contributed by atoms with Crippen LogP contribution in [0.1, 0.15) is 33.6 Å². The van der Waals surface area contributed by atoms with Crippen molar-refractivity contribution in [2.24, 2.45) is 0 Å². The third-order valence-corrected chi connectivity index (χ3v) is 6.03. The molecule has 0 radical (unpaired) electrons. The number of hydrogen-bond donors (Lipinski definition) is 1. The number of likely N-dealkylation sites (tertiary alicyclic amines) is 1.